The van der Waals surface area contributed by atoms with Crippen LogP contribution < -0.4 is 0 Å². The number of amides is 1. The van der Waals surface area contributed by atoms with Crippen LogP contribution in [0.25, 0.3) is 0 Å². The molecule has 0 fully saturated rings. The molecule has 0 spiro atoms. The summed E-state index contributed by atoms with van der Waals surface area (Å²) in [5, 5.41) is 0.660. The van der Waals surface area contributed by atoms with E-state index in [4.69, 9.17) is 11.6 Å². The maximum absolute atomic E-state index is 12.3. The summed E-state index contributed by atoms with van der Waals surface area (Å²) in [7, 11) is -1.40. The predicted octanol–water partition coefficient (Wildman–Crippen LogP) is 2.87. The Kier molecular flexibility index (Phi) is 3.78. The number of hydrogen-bond acceptors (Lipinski definition) is 2. The topological polar surface area (TPSA) is 37.4 Å². The second-order valence-electron chi connectivity index (χ2n) is 4.82. The number of allylic oxidation sites excluding steroid dienone is 5. The Morgan fingerprint density at radius 1 is 1.44 bits per heavy atom. The minimum absolute atomic E-state index is 0.0734. The monoisotopic (exact) mass is 285 g/mol. The van der Waals surface area contributed by atoms with E-state index in [1.54, 1.807) is 0 Å². The number of rotatable bonds is 2. The molecule has 2 atom stereocenters. The van der Waals surface area contributed by atoms with Gasteiger partial charge in [0.25, 0.3) is 5.91 Å². The van der Waals surface area contributed by atoms with Crippen molar-refractivity contribution in [2.75, 3.05) is 0 Å². The molecule has 0 saturated carbocycles. The molecule has 18 heavy (non-hydrogen) atoms. The zero-order valence-corrected chi connectivity index (χ0v) is 12.2. The van der Waals surface area contributed by atoms with Crippen LogP contribution in [0.1, 0.15) is 27.2 Å². The van der Waals surface area contributed by atoms with Gasteiger partial charge in [-0.1, -0.05) is 23.3 Å². The minimum Gasteiger partial charge on any atom is -0.269 e. The third-order valence-corrected chi connectivity index (χ3v) is 5.19. The molecule has 1 aliphatic carbocycles. The van der Waals surface area contributed by atoms with E-state index in [0.717, 1.165) is 5.57 Å². The summed E-state index contributed by atoms with van der Waals surface area (Å²) in [6.07, 6.45) is 6.11. The van der Waals surface area contributed by atoms with Crippen molar-refractivity contribution < 1.29 is 9.00 Å². The predicted molar refractivity (Wildman–Crippen MR) is 74.0 cm³/mol. The van der Waals surface area contributed by atoms with E-state index in [9.17, 15) is 9.00 Å². The first-order valence-corrected chi connectivity index (χ1v) is 7.40. The van der Waals surface area contributed by atoms with Crippen LogP contribution in [-0.4, -0.2) is 20.5 Å². The van der Waals surface area contributed by atoms with Crippen molar-refractivity contribution in [2.24, 2.45) is 5.92 Å². The number of nitrogens with zero attached hydrogens (tertiary/aromatic N) is 1. The van der Waals surface area contributed by atoms with Crippen LogP contribution in [0.15, 0.2) is 33.7 Å². The van der Waals surface area contributed by atoms with Gasteiger partial charge < -0.3 is 0 Å². The molecule has 1 aliphatic heterocycles. The summed E-state index contributed by atoms with van der Waals surface area (Å²) < 4.78 is 13.7. The van der Waals surface area contributed by atoms with Crippen LogP contribution in [0.4, 0.5) is 0 Å². The lowest BCUT2D eigenvalue weighted by atomic mass is 9.96. The molecule has 2 rings (SSSR count). The Morgan fingerprint density at radius 2 is 2.11 bits per heavy atom. The lowest BCUT2D eigenvalue weighted by Crippen LogP contribution is -2.33. The summed E-state index contributed by atoms with van der Waals surface area (Å²) in [4.78, 5) is 12.5. The van der Waals surface area contributed by atoms with Gasteiger partial charge in [-0.05, 0) is 33.3 Å². The first-order valence-electron chi connectivity index (χ1n) is 5.92. The average molecular weight is 286 g/mol. The second-order valence-corrected chi connectivity index (χ2v) is 6.62. The smallest absolute Gasteiger partial charge is 0.259 e. The highest BCUT2D eigenvalue weighted by Crippen LogP contribution is 2.37. The van der Waals surface area contributed by atoms with Gasteiger partial charge in [0.2, 0.25) is 0 Å². The molecule has 3 nitrogen and oxygen atoms in total. The molecule has 0 radical (unpaired) electrons. The van der Waals surface area contributed by atoms with Crippen molar-refractivity contribution in [1.82, 2.24) is 4.31 Å². The van der Waals surface area contributed by atoms with E-state index in [1.165, 1.54) is 10.4 Å². The summed E-state index contributed by atoms with van der Waals surface area (Å²) in [6, 6.07) is -0.0734. The minimum atomic E-state index is -1.40. The summed E-state index contributed by atoms with van der Waals surface area (Å²) in [5.41, 5.74) is 1.10. The zero-order valence-electron chi connectivity index (χ0n) is 10.6. The van der Waals surface area contributed by atoms with Crippen molar-refractivity contribution >= 4 is 28.5 Å². The molecule has 0 aromatic carbocycles. The molecule has 2 unspecified atom stereocenters. The van der Waals surface area contributed by atoms with Gasteiger partial charge >= 0.3 is 0 Å². The zero-order chi connectivity index (χ0) is 13.4. The van der Waals surface area contributed by atoms with Crippen molar-refractivity contribution in [3.05, 3.63) is 33.7 Å². The third-order valence-electron chi connectivity index (χ3n) is 3.05. The number of carbonyl (C=O) groups excluding carboxylic acids is 1. The SMILES string of the molecule is CC1=CCC(C2=CC(=O)N(C(C)C)S2=O)C(Cl)=C1. The fourth-order valence-corrected chi connectivity index (χ4v) is 4.08. The lowest BCUT2D eigenvalue weighted by molar-refractivity contribution is -0.122. The highest BCUT2D eigenvalue weighted by molar-refractivity contribution is 7.87. The molecule has 1 amide bonds. The number of halogens is 1. The van der Waals surface area contributed by atoms with Crippen LogP contribution in [-0.2, 0) is 15.8 Å². The summed E-state index contributed by atoms with van der Waals surface area (Å²) in [5.74, 6) is -0.307. The van der Waals surface area contributed by atoms with Crippen LogP contribution in [0.2, 0.25) is 0 Å². The largest absolute Gasteiger partial charge is 0.269 e. The number of carbonyl (C=O) groups is 1. The maximum Gasteiger partial charge on any atom is 0.259 e. The van der Waals surface area contributed by atoms with Crippen LogP contribution >= 0.6 is 11.6 Å². The van der Waals surface area contributed by atoms with Gasteiger partial charge in [0, 0.05) is 23.1 Å². The Balaban J connectivity index is 2.27. The number of hydrogen-bond donors (Lipinski definition) is 0. The molecule has 0 N–H and O–H groups in total. The Labute approximate surface area is 115 Å². The van der Waals surface area contributed by atoms with E-state index in [2.05, 4.69) is 6.08 Å². The van der Waals surface area contributed by atoms with E-state index in [0.29, 0.717) is 16.4 Å². The van der Waals surface area contributed by atoms with Crippen molar-refractivity contribution in [2.45, 2.75) is 33.2 Å². The van der Waals surface area contributed by atoms with Gasteiger partial charge in [-0.25, -0.2) is 4.21 Å². The molecule has 0 saturated heterocycles. The van der Waals surface area contributed by atoms with E-state index in [-0.39, 0.29) is 17.9 Å². The highest BCUT2D eigenvalue weighted by Gasteiger charge is 2.36. The van der Waals surface area contributed by atoms with Gasteiger partial charge in [0.1, 0.15) is 0 Å². The van der Waals surface area contributed by atoms with Gasteiger partial charge in [-0.2, -0.15) is 0 Å². The summed E-state index contributed by atoms with van der Waals surface area (Å²) >= 11 is 6.21. The van der Waals surface area contributed by atoms with Gasteiger partial charge in [-0.3, -0.25) is 9.10 Å². The molecule has 0 bridgehead atoms. The molecular weight excluding hydrogens is 270 g/mol. The molecule has 1 heterocycles. The van der Waals surface area contributed by atoms with Crippen LogP contribution in [0.5, 0.6) is 0 Å². The molecule has 0 aromatic rings. The molecule has 2 aliphatic rings. The van der Waals surface area contributed by atoms with Crippen molar-refractivity contribution in [3.63, 3.8) is 0 Å². The normalized spacial score (nSPS) is 28.4. The fourth-order valence-electron chi connectivity index (χ4n) is 2.14. The van der Waals surface area contributed by atoms with Gasteiger partial charge in [0.15, 0.2) is 11.0 Å². The molecule has 98 valence electrons. The Morgan fingerprint density at radius 3 is 2.61 bits per heavy atom. The maximum atomic E-state index is 12.3. The van der Waals surface area contributed by atoms with Gasteiger partial charge in [-0.15, -0.1) is 0 Å². The standard InChI is InChI=1S/C13H16ClNO2S/c1-8(2)15-13(16)7-12(18(15)17)10-5-4-9(3)6-11(10)14/h4,6-8,10H,5H2,1-3H3. The van der Waals surface area contributed by atoms with Crippen molar-refractivity contribution in [3.8, 4) is 0 Å². The highest BCUT2D eigenvalue weighted by atomic mass is 35.5. The van der Waals surface area contributed by atoms with Crippen molar-refractivity contribution in [1.29, 1.82) is 0 Å². The van der Waals surface area contributed by atoms with E-state index >= 15 is 0 Å². The Bertz CT molecular complexity index is 505. The van der Waals surface area contributed by atoms with E-state index < -0.39 is 11.0 Å². The van der Waals surface area contributed by atoms with E-state index in [1.807, 2.05) is 26.8 Å². The quantitative estimate of drug-likeness (QED) is 0.782. The molecular formula is C13H16ClNO2S. The summed E-state index contributed by atoms with van der Waals surface area (Å²) in [6.45, 7) is 5.69. The molecule has 0 aromatic heterocycles. The fraction of sp³-hybridized carbons (Fsp3) is 0.462. The first-order chi connectivity index (χ1) is 8.41. The van der Waals surface area contributed by atoms with Gasteiger partial charge in [0.05, 0.1) is 4.91 Å². The Hall–Kier alpha value is -0.870. The van der Waals surface area contributed by atoms with Crippen LogP contribution in [0.3, 0.4) is 0 Å². The second kappa shape index (κ2) is 5.02. The average Bonchev–Trinajstić information content (AvgIpc) is 2.54. The molecule has 5 heteroatoms. The lowest BCUT2D eigenvalue weighted by Gasteiger charge is -2.23. The first kappa shape index (κ1) is 13.6. The van der Waals surface area contributed by atoms with Crippen LogP contribution in [0, 0.1) is 5.92 Å². The third kappa shape index (κ3) is 2.31.